The summed E-state index contributed by atoms with van der Waals surface area (Å²) in [6.45, 7) is 6.99. The second-order valence-electron chi connectivity index (χ2n) is 5.71. The molecule has 82 valence electrons. The molecule has 2 rings (SSSR count). The fourth-order valence-electron chi connectivity index (χ4n) is 3.51. The van der Waals surface area contributed by atoms with Gasteiger partial charge in [0, 0.05) is 12.1 Å². The molecule has 1 nitrogen and oxygen atoms in total. The highest BCUT2D eigenvalue weighted by Gasteiger charge is 2.39. The number of hydrogen-bond acceptors (Lipinski definition) is 1. The third kappa shape index (κ3) is 1.98. The molecule has 0 heterocycles. The molecule has 4 atom stereocenters. The van der Waals surface area contributed by atoms with Gasteiger partial charge in [0.05, 0.1) is 0 Å². The van der Waals surface area contributed by atoms with Crippen LogP contribution in [0.15, 0.2) is 0 Å². The molecule has 1 N–H and O–H groups in total. The van der Waals surface area contributed by atoms with Crippen molar-refractivity contribution in [1.82, 2.24) is 5.32 Å². The first kappa shape index (κ1) is 10.5. The van der Waals surface area contributed by atoms with E-state index in [4.69, 9.17) is 0 Å². The Morgan fingerprint density at radius 2 is 2.00 bits per heavy atom. The highest BCUT2D eigenvalue weighted by atomic mass is 15.0. The summed E-state index contributed by atoms with van der Waals surface area (Å²) in [6, 6.07) is 1.61. The SMILES string of the molecule is CCC(NC1CC2CCC1C2)C(C)C. The minimum Gasteiger partial charge on any atom is -0.311 e. The summed E-state index contributed by atoms with van der Waals surface area (Å²) in [6.07, 6.45) is 7.28. The molecule has 14 heavy (non-hydrogen) atoms. The van der Waals surface area contributed by atoms with Gasteiger partial charge in [0.25, 0.3) is 0 Å². The molecule has 4 unspecified atom stereocenters. The van der Waals surface area contributed by atoms with Crippen LogP contribution in [-0.2, 0) is 0 Å². The summed E-state index contributed by atoms with van der Waals surface area (Å²) in [4.78, 5) is 0. The fraction of sp³-hybridized carbons (Fsp3) is 1.00. The Hall–Kier alpha value is -0.0400. The van der Waals surface area contributed by atoms with Gasteiger partial charge in [-0.05, 0) is 43.4 Å². The third-order valence-corrected chi connectivity index (χ3v) is 4.41. The van der Waals surface area contributed by atoms with Crippen LogP contribution in [0.3, 0.4) is 0 Å². The quantitative estimate of drug-likeness (QED) is 0.726. The molecule has 0 aromatic rings. The zero-order valence-corrected chi connectivity index (χ0v) is 9.92. The Morgan fingerprint density at radius 3 is 2.43 bits per heavy atom. The molecule has 0 saturated heterocycles. The molecular formula is C13H25N. The highest BCUT2D eigenvalue weighted by Crippen LogP contribution is 2.44. The van der Waals surface area contributed by atoms with Crippen molar-refractivity contribution in [2.45, 2.75) is 65.0 Å². The summed E-state index contributed by atoms with van der Waals surface area (Å²) in [5.74, 6) is 2.88. The Labute approximate surface area is 88.7 Å². The van der Waals surface area contributed by atoms with Gasteiger partial charge in [-0.25, -0.2) is 0 Å². The molecule has 2 aliphatic rings. The van der Waals surface area contributed by atoms with Crippen molar-refractivity contribution in [2.24, 2.45) is 17.8 Å². The van der Waals surface area contributed by atoms with Gasteiger partial charge >= 0.3 is 0 Å². The Bertz CT molecular complexity index is 188. The fourth-order valence-corrected chi connectivity index (χ4v) is 3.51. The molecular weight excluding hydrogens is 170 g/mol. The van der Waals surface area contributed by atoms with Crippen molar-refractivity contribution in [1.29, 1.82) is 0 Å². The van der Waals surface area contributed by atoms with Gasteiger partial charge in [0.15, 0.2) is 0 Å². The summed E-state index contributed by atoms with van der Waals surface area (Å²) in [5, 5.41) is 3.90. The van der Waals surface area contributed by atoms with Crippen molar-refractivity contribution in [2.75, 3.05) is 0 Å². The molecule has 2 saturated carbocycles. The Morgan fingerprint density at radius 1 is 1.21 bits per heavy atom. The van der Waals surface area contributed by atoms with E-state index in [1.54, 1.807) is 0 Å². The van der Waals surface area contributed by atoms with E-state index in [0.29, 0.717) is 0 Å². The number of fused-ring (bicyclic) bond motifs is 2. The molecule has 0 radical (unpaired) electrons. The lowest BCUT2D eigenvalue weighted by molar-refractivity contribution is 0.278. The van der Waals surface area contributed by atoms with Crippen LogP contribution in [-0.4, -0.2) is 12.1 Å². The van der Waals surface area contributed by atoms with E-state index in [9.17, 15) is 0 Å². The zero-order valence-electron chi connectivity index (χ0n) is 9.92. The van der Waals surface area contributed by atoms with Gasteiger partial charge in [-0.2, -0.15) is 0 Å². The molecule has 0 amide bonds. The smallest absolute Gasteiger partial charge is 0.0101 e. The molecule has 2 aliphatic carbocycles. The lowest BCUT2D eigenvalue weighted by atomic mass is 9.92. The summed E-state index contributed by atoms with van der Waals surface area (Å²) in [7, 11) is 0. The number of hydrogen-bond donors (Lipinski definition) is 1. The minimum atomic E-state index is 0.749. The molecule has 2 fully saturated rings. The van der Waals surface area contributed by atoms with Gasteiger partial charge in [0.1, 0.15) is 0 Å². The molecule has 0 aliphatic heterocycles. The van der Waals surface area contributed by atoms with Crippen LogP contribution in [0, 0.1) is 17.8 Å². The van der Waals surface area contributed by atoms with E-state index < -0.39 is 0 Å². The van der Waals surface area contributed by atoms with Gasteiger partial charge in [-0.15, -0.1) is 0 Å². The Kier molecular flexibility index (Phi) is 3.16. The van der Waals surface area contributed by atoms with E-state index in [1.165, 1.54) is 32.1 Å². The predicted octanol–water partition coefficient (Wildman–Crippen LogP) is 3.20. The summed E-state index contributed by atoms with van der Waals surface area (Å²) < 4.78 is 0. The Balaban J connectivity index is 1.85. The van der Waals surface area contributed by atoms with Crippen LogP contribution in [0.4, 0.5) is 0 Å². The van der Waals surface area contributed by atoms with Crippen LogP contribution in [0.5, 0.6) is 0 Å². The van der Waals surface area contributed by atoms with Crippen LogP contribution >= 0.6 is 0 Å². The number of rotatable bonds is 4. The topological polar surface area (TPSA) is 12.0 Å². The molecule has 0 aromatic heterocycles. The van der Waals surface area contributed by atoms with E-state index >= 15 is 0 Å². The predicted molar refractivity (Wildman–Crippen MR) is 61.3 cm³/mol. The largest absolute Gasteiger partial charge is 0.311 e. The van der Waals surface area contributed by atoms with Crippen LogP contribution in [0.2, 0.25) is 0 Å². The van der Waals surface area contributed by atoms with E-state index in [1.807, 2.05) is 0 Å². The van der Waals surface area contributed by atoms with Crippen molar-refractivity contribution >= 4 is 0 Å². The zero-order chi connectivity index (χ0) is 10.1. The van der Waals surface area contributed by atoms with E-state index in [0.717, 1.165) is 29.8 Å². The average Bonchev–Trinajstić information content (AvgIpc) is 2.74. The first-order valence-electron chi connectivity index (χ1n) is 6.46. The normalized spacial score (nSPS) is 38.1. The van der Waals surface area contributed by atoms with Gasteiger partial charge in [-0.1, -0.05) is 27.2 Å². The molecule has 2 bridgehead atoms. The maximum atomic E-state index is 3.90. The first-order chi connectivity index (χ1) is 6.70. The maximum Gasteiger partial charge on any atom is 0.0101 e. The molecule has 1 heteroatoms. The lowest BCUT2D eigenvalue weighted by Gasteiger charge is -2.30. The number of nitrogens with one attached hydrogen (secondary N) is 1. The van der Waals surface area contributed by atoms with Crippen LogP contribution in [0.1, 0.15) is 52.9 Å². The van der Waals surface area contributed by atoms with Crippen molar-refractivity contribution in [3.8, 4) is 0 Å². The second kappa shape index (κ2) is 4.22. The van der Waals surface area contributed by atoms with E-state index in [2.05, 4.69) is 26.1 Å². The van der Waals surface area contributed by atoms with Crippen LogP contribution in [0.25, 0.3) is 0 Å². The van der Waals surface area contributed by atoms with Gasteiger partial charge < -0.3 is 5.32 Å². The van der Waals surface area contributed by atoms with Gasteiger partial charge in [0.2, 0.25) is 0 Å². The summed E-state index contributed by atoms with van der Waals surface area (Å²) in [5.41, 5.74) is 0. The minimum absolute atomic E-state index is 0.749. The van der Waals surface area contributed by atoms with E-state index in [-0.39, 0.29) is 0 Å². The van der Waals surface area contributed by atoms with Crippen molar-refractivity contribution in [3.05, 3.63) is 0 Å². The van der Waals surface area contributed by atoms with Crippen molar-refractivity contribution in [3.63, 3.8) is 0 Å². The highest BCUT2D eigenvalue weighted by molar-refractivity contribution is 4.95. The monoisotopic (exact) mass is 195 g/mol. The third-order valence-electron chi connectivity index (χ3n) is 4.41. The molecule has 0 aromatic carbocycles. The standard InChI is InChI=1S/C13H25N/c1-4-12(9(2)3)14-13-8-10-5-6-11(13)7-10/h9-14H,4-8H2,1-3H3. The van der Waals surface area contributed by atoms with Gasteiger partial charge in [-0.3, -0.25) is 0 Å². The summed E-state index contributed by atoms with van der Waals surface area (Å²) >= 11 is 0. The first-order valence-corrected chi connectivity index (χ1v) is 6.46. The molecule has 0 spiro atoms. The van der Waals surface area contributed by atoms with Crippen LogP contribution < -0.4 is 5.32 Å². The maximum absolute atomic E-state index is 3.90. The second-order valence-corrected chi connectivity index (χ2v) is 5.71. The lowest BCUT2D eigenvalue weighted by Crippen LogP contribution is -2.43. The average molecular weight is 195 g/mol. The van der Waals surface area contributed by atoms with Crippen molar-refractivity contribution < 1.29 is 0 Å².